The number of halogens is 2. The molecular weight excluding hydrogens is 457 g/mol. The molecule has 1 aliphatic heterocycles. The first-order chi connectivity index (χ1) is 15.9. The molecule has 1 saturated heterocycles. The Morgan fingerprint density at radius 1 is 1.03 bits per heavy atom. The van der Waals surface area contributed by atoms with Gasteiger partial charge < -0.3 is 14.6 Å². The first-order valence-corrected chi connectivity index (χ1v) is 11.3. The Hall–Kier alpha value is -3.22. The normalized spacial score (nSPS) is 17.9. The maximum atomic E-state index is 14.0. The van der Waals surface area contributed by atoms with E-state index in [1.165, 1.54) is 6.07 Å². The molecule has 1 aliphatic rings. The van der Waals surface area contributed by atoms with Gasteiger partial charge in [0.05, 0.1) is 11.7 Å². The van der Waals surface area contributed by atoms with E-state index in [4.69, 9.17) is 28.2 Å². The first kappa shape index (κ1) is 21.6. The van der Waals surface area contributed by atoms with Gasteiger partial charge >= 0.3 is 0 Å². The van der Waals surface area contributed by atoms with Crippen molar-refractivity contribution in [3.05, 3.63) is 106 Å². The molecule has 2 unspecified atom stereocenters. The number of aromatic nitrogens is 1. The van der Waals surface area contributed by atoms with Gasteiger partial charge in [0.1, 0.15) is 23.4 Å². The molecule has 0 bridgehead atoms. The van der Waals surface area contributed by atoms with E-state index in [1.807, 2.05) is 60.4 Å². The molecule has 0 amide bonds. The van der Waals surface area contributed by atoms with Crippen LogP contribution in [0, 0.1) is 19.7 Å². The Kier molecular flexibility index (Phi) is 5.64. The molecule has 0 aliphatic carbocycles. The second-order valence-electron chi connectivity index (χ2n) is 8.10. The Morgan fingerprint density at radius 3 is 2.61 bits per heavy atom. The highest BCUT2D eigenvalue weighted by Crippen LogP contribution is 2.43. The van der Waals surface area contributed by atoms with Crippen molar-refractivity contribution in [2.75, 3.05) is 4.90 Å². The summed E-state index contributed by atoms with van der Waals surface area (Å²) in [5.41, 5.74) is 4.06. The maximum Gasteiger partial charge on any atom is 0.174 e. The average Bonchev–Trinajstić information content (AvgIpc) is 3.43. The second-order valence-corrected chi connectivity index (χ2v) is 8.89. The van der Waals surface area contributed by atoms with Gasteiger partial charge in [-0.1, -0.05) is 29.8 Å². The molecule has 2 atom stereocenters. The number of nitrogens with one attached hydrogen (secondary N) is 1. The largest absolute Gasteiger partial charge is 0.459 e. The molecular formula is C26H21ClFN3OS. The van der Waals surface area contributed by atoms with Crippen LogP contribution >= 0.6 is 23.8 Å². The lowest BCUT2D eigenvalue weighted by molar-refractivity contribution is 0.439. The molecule has 2 aromatic heterocycles. The lowest BCUT2D eigenvalue weighted by Gasteiger charge is -2.26. The van der Waals surface area contributed by atoms with Crippen molar-refractivity contribution in [2.45, 2.75) is 25.9 Å². The van der Waals surface area contributed by atoms with Crippen LogP contribution in [0.25, 0.3) is 11.3 Å². The molecule has 33 heavy (non-hydrogen) atoms. The summed E-state index contributed by atoms with van der Waals surface area (Å²) in [7, 11) is 0. The number of thiocarbonyl (C=S) groups is 1. The number of hydrogen-bond acceptors (Lipinski definition) is 3. The molecule has 0 saturated carbocycles. The Bertz CT molecular complexity index is 1340. The number of rotatable bonds is 4. The van der Waals surface area contributed by atoms with Crippen LogP contribution < -0.4 is 10.2 Å². The Morgan fingerprint density at radius 2 is 1.88 bits per heavy atom. The summed E-state index contributed by atoms with van der Waals surface area (Å²) in [5, 5.41) is 4.60. The zero-order valence-electron chi connectivity index (χ0n) is 18.0. The molecule has 4 nitrogen and oxygen atoms in total. The zero-order valence-corrected chi connectivity index (χ0v) is 19.6. The van der Waals surface area contributed by atoms with Gasteiger partial charge in [0, 0.05) is 22.5 Å². The van der Waals surface area contributed by atoms with Crippen LogP contribution in [0.3, 0.4) is 0 Å². The zero-order chi connectivity index (χ0) is 23.1. The third kappa shape index (κ3) is 4.01. The van der Waals surface area contributed by atoms with Crippen molar-refractivity contribution in [1.82, 2.24) is 10.3 Å². The van der Waals surface area contributed by atoms with E-state index >= 15 is 0 Å². The molecule has 2 aromatic carbocycles. The number of benzene rings is 2. The maximum absolute atomic E-state index is 14.0. The predicted octanol–water partition coefficient (Wildman–Crippen LogP) is 6.93. The minimum atomic E-state index is -0.313. The van der Waals surface area contributed by atoms with Gasteiger partial charge in [0.15, 0.2) is 5.11 Å². The summed E-state index contributed by atoms with van der Waals surface area (Å²) in [5.74, 6) is 1.16. The van der Waals surface area contributed by atoms with E-state index in [0.29, 0.717) is 27.2 Å². The second kappa shape index (κ2) is 8.61. The standard InChI is InChI=1S/C26H21ClFN3OS/c1-15-6-7-17(14-19(15)27)22-10-11-23(32-22)25-24(21-5-3-4-12-29-21)30-26(33)31(25)18-8-9-20(28)16(2)13-18/h3-14,24-25H,1-2H3,(H,30,33). The van der Waals surface area contributed by atoms with Crippen molar-refractivity contribution in [2.24, 2.45) is 0 Å². The third-order valence-corrected chi connectivity index (χ3v) is 6.61. The number of nitrogens with zero attached hydrogens (tertiary/aromatic N) is 2. The van der Waals surface area contributed by atoms with Gasteiger partial charge in [-0.05, 0) is 85.7 Å². The van der Waals surface area contributed by atoms with Crippen molar-refractivity contribution >= 4 is 34.6 Å². The minimum Gasteiger partial charge on any atom is -0.459 e. The van der Waals surface area contributed by atoms with Crippen LogP contribution in [0.2, 0.25) is 5.02 Å². The molecule has 3 heterocycles. The fourth-order valence-electron chi connectivity index (χ4n) is 4.11. The molecule has 7 heteroatoms. The monoisotopic (exact) mass is 477 g/mol. The van der Waals surface area contributed by atoms with Crippen LogP contribution in [-0.2, 0) is 0 Å². The summed E-state index contributed by atoms with van der Waals surface area (Å²) in [6, 6.07) is 19.9. The van der Waals surface area contributed by atoms with Crippen LogP contribution in [0.1, 0.15) is 34.7 Å². The number of anilines is 1. The van der Waals surface area contributed by atoms with Gasteiger partial charge in [-0.3, -0.25) is 4.98 Å². The van der Waals surface area contributed by atoms with Crippen molar-refractivity contribution in [1.29, 1.82) is 0 Å². The lowest BCUT2D eigenvalue weighted by Crippen LogP contribution is -2.29. The van der Waals surface area contributed by atoms with E-state index in [0.717, 1.165) is 22.5 Å². The number of furan rings is 1. The Balaban J connectivity index is 1.61. The minimum absolute atomic E-state index is 0.246. The summed E-state index contributed by atoms with van der Waals surface area (Å²) in [6.07, 6.45) is 1.75. The average molecular weight is 478 g/mol. The van der Waals surface area contributed by atoms with E-state index in [-0.39, 0.29) is 17.9 Å². The van der Waals surface area contributed by atoms with E-state index in [1.54, 1.807) is 25.3 Å². The summed E-state index contributed by atoms with van der Waals surface area (Å²) in [4.78, 5) is 6.51. The predicted molar refractivity (Wildman–Crippen MR) is 133 cm³/mol. The van der Waals surface area contributed by atoms with E-state index in [2.05, 4.69) is 10.3 Å². The SMILES string of the molecule is Cc1cc(N2C(=S)NC(c3ccccn3)C2c2ccc(-c3ccc(C)c(Cl)c3)o2)ccc1F. The quantitative estimate of drug-likeness (QED) is 0.323. The van der Waals surface area contributed by atoms with Gasteiger partial charge in [0.2, 0.25) is 0 Å². The molecule has 4 aromatic rings. The van der Waals surface area contributed by atoms with Crippen LogP contribution in [0.15, 0.2) is 77.3 Å². The fourth-order valence-corrected chi connectivity index (χ4v) is 4.64. The molecule has 1 fully saturated rings. The van der Waals surface area contributed by atoms with Crippen molar-refractivity contribution in [3.63, 3.8) is 0 Å². The number of hydrogen-bond donors (Lipinski definition) is 1. The Labute approximate surface area is 202 Å². The smallest absolute Gasteiger partial charge is 0.174 e. The topological polar surface area (TPSA) is 41.3 Å². The van der Waals surface area contributed by atoms with Crippen molar-refractivity contribution in [3.8, 4) is 11.3 Å². The molecule has 0 spiro atoms. The van der Waals surface area contributed by atoms with Gasteiger partial charge in [-0.15, -0.1) is 0 Å². The van der Waals surface area contributed by atoms with Crippen LogP contribution in [0.4, 0.5) is 10.1 Å². The fraction of sp³-hybridized carbons (Fsp3) is 0.154. The molecule has 0 radical (unpaired) electrons. The van der Waals surface area contributed by atoms with Gasteiger partial charge in [0.25, 0.3) is 0 Å². The van der Waals surface area contributed by atoms with Crippen LogP contribution in [-0.4, -0.2) is 10.1 Å². The highest BCUT2D eigenvalue weighted by Gasteiger charge is 2.42. The first-order valence-electron chi connectivity index (χ1n) is 10.6. The molecule has 1 N–H and O–H groups in total. The highest BCUT2D eigenvalue weighted by molar-refractivity contribution is 7.80. The van der Waals surface area contributed by atoms with Crippen molar-refractivity contribution < 1.29 is 8.81 Å². The molecule has 166 valence electrons. The number of aryl methyl sites for hydroxylation is 2. The van der Waals surface area contributed by atoms with Crippen LogP contribution in [0.5, 0.6) is 0 Å². The van der Waals surface area contributed by atoms with Gasteiger partial charge in [-0.25, -0.2) is 4.39 Å². The van der Waals surface area contributed by atoms with E-state index in [9.17, 15) is 4.39 Å². The lowest BCUT2D eigenvalue weighted by atomic mass is 10.0. The van der Waals surface area contributed by atoms with E-state index < -0.39 is 0 Å². The highest BCUT2D eigenvalue weighted by atomic mass is 35.5. The third-order valence-electron chi connectivity index (χ3n) is 5.89. The number of pyridine rings is 1. The summed E-state index contributed by atoms with van der Waals surface area (Å²) in [6.45, 7) is 3.70. The van der Waals surface area contributed by atoms with Gasteiger partial charge in [-0.2, -0.15) is 0 Å². The summed E-state index contributed by atoms with van der Waals surface area (Å²) >= 11 is 12.1. The molecule has 5 rings (SSSR count). The summed E-state index contributed by atoms with van der Waals surface area (Å²) < 4.78 is 20.3.